The van der Waals surface area contributed by atoms with E-state index >= 15 is 0 Å². The molecule has 0 amide bonds. The first-order chi connectivity index (χ1) is 10.0. The van der Waals surface area contributed by atoms with Crippen molar-refractivity contribution in [1.29, 1.82) is 0 Å². The van der Waals surface area contributed by atoms with E-state index in [1.165, 1.54) is 18.5 Å². The zero-order chi connectivity index (χ0) is 15.5. The van der Waals surface area contributed by atoms with Gasteiger partial charge in [0.05, 0.1) is 29.8 Å². The Kier molecular flexibility index (Phi) is 4.35. The number of nitrogens with one attached hydrogen (secondary N) is 1. The Morgan fingerprint density at radius 1 is 1.29 bits per heavy atom. The zero-order valence-corrected chi connectivity index (χ0v) is 11.6. The lowest BCUT2D eigenvalue weighted by Crippen LogP contribution is -2.45. The maximum atomic E-state index is 11.0. The van der Waals surface area contributed by atoms with Crippen molar-refractivity contribution < 1.29 is 20.1 Å². The number of aliphatic hydroxyl groups is 2. The van der Waals surface area contributed by atoms with E-state index in [4.69, 9.17) is 5.11 Å². The average Bonchev–Trinajstić information content (AvgIpc) is 2.52. The van der Waals surface area contributed by atoms with Crippen LogP contribution in [0.25, 0.3) is 10.9 Å². The summed E-state index contributed by atoms with van der Waals surface area (Å²) in [7, 11) is 0. The quantitative estimate of drug-likeness (QED) is 0.624. The maximum absolute atomic E-state index is 11.0. The summed E-state index contributed by atoms with van der Waals surface area (Å²) in [5, 5.41) is 31.6. The molecule has 2 rings (SSSR count). The Labute approximate surface area is 121 Å². The molecule has 0 spiro atoms. The van der Waals surface area contributed by atoms with Gasteiger partial charge in [-0.1, -0.05) is 6.92 Å². The Morgan fingerprint density at radius 2 is 2.00 bits per heavy atom. The summed E-state index contributed by atoms with van der Waals surface area (Å²) in [4.78, 5) is 19.1. The number of carbonyl (C=O) groups is 1. The number of carboxylic acid groups (broad SMARTS) is 1. The van der Waals surface area contributed by atoms with Crippen molar-refractivity contribution in [3.8, 4) is 0 Å². The lowest BCUT2D eigenvalue weighted by Gasteiger charge is -2.30. The van der Waals surface area contributed by atoms with Gasteiger partial charge in [-0.3, -0.25) is 0 Å². The highest BCUT2D eigenvalue weighted by molar-refractivity contribution is 5.96. The molecule has 4 N–H and O–H groups in total. The fourth-order valence-electron chi connectivity index (χ4n) is 1.98. The molecule has 0 saturated heterocycles. The van der Waals surface area contributed by atoms with E-state index in [0.29, 0.717) is 23.1 Å². The molecule has 0 aliphatic rings. The average molecular weight is 291 g/mol. The first-order valence-electron chi connectivity index (χ1n) is 6.53. The fraction of sp³-hybridized carbons (Fsp3) is 0.357. The second-order valence-electron chi connectivity index (χ2n) is 4.83. The Balaban J connectivity index is 2.48. The second-order valence-corrected chi connectivity index (χ2v) is 4.83. The van der Waals surface area contributed by atoms with E-state index in [2.05, 4.69) is 15.3 Å². The van der Waals surface area contributed by atoms with Crippen LogP contribution in [0.2, 0.25) is 0 Å². The molecular formula is C14H17N3O4. The molecule has 1 aromatic heterocycles. The SMILES string of the molecule is CCC(CO)(CO)Nc1ncnc2cc(C(=O)O)ccc12. The number of benzene rings is 1. The highest BCUT2D eigenvalue weighted by Crippen LogP contribution is 2.24. The van der Waals surface area contributed by atoms with E-state index in [1.807, 2.05) is 6.92 Å². The molecule has 0 radical (unpaired) electrons. The number of aromatic nitrogens is 2. The first-order valence-corrected chi connectivity index (χ1v) is 6.53. The highest BCUT2D eigenvalue weighted by Gasteiger charge is 2.27. The van der Waals surface area contributed by atoms with Crippen LogP contribution in [-0.4, -0.2) is 50.0 Å². The van der Waals surface area contributed by atoms with Crippen molar-refractivity contribution >= 4 is 22.7 Å². The third kappa shape index (κ3) is 2.93. The molecule has 0 fully saturated rings. The monoisotopic (exact) mass is 291 g/mol. The number of aromatic carboxylic acids is 1. The van der Waals surface area contributed by atoms with E-state index < -0.39 is 11.5 Å². The summed E-state index contributed by atoms with van der Waals surface area (Å²) in [5.41, 5.74) is -0.265. The van der Waals surface area contributed by atoms with E-state index in [1.54, 1.807) is 6.07 Å². The van der Waals surface area contributed by atoms with Gasteiger partial charge in [0.2, 0.25) is 0 Å². The Hall–Kier alpha value is -2.25. The van der Waals surface area contributed by atoms with Crippen LogP contribution >= 0.6 is 0 Å². The van der Waals surface area contributed by atoms with Crippen LogP contribution in [0.1, 0.15) is 23.7 Å². The molecule has 112 valence electrons. The molecule has 0 saturated carbocycles. The van der Waals surface area contributed by atoms with Crippen LogP contribution in [0.4, 0.5) is 5.82 Å². The van der Waals surface area contributed by atoms with Crippen molar-refractivity contribution in [3.63, 3.8) is 0 Å². The zero-order valence-electron chi connectivity index (χ0n) is 11.6. The summed E-state index contributed by atoms with van der Waals surface area (Å²) in [6.07, 6.45) is 1.81. The predicted molar refractivity (Wildman–Crippen MR) is 77.3 cm³/mol. The van der Waals surface area contributed by atoms with Gasteiger partial charge < -0.3 is 20.6 Å². The molecule has 1 aromatic carbocycles. The van der Waals surface area contributed by atoms with E-state index in [-0.39, 0.29) is 18.8 Å². The molecule has 7 heteroatoms. The lowest BCUT2D eigenvalue weighted by atomic mass is 9.98. The number of anilines is 1. The van der Waals surface area contributed by atoms with Gasteiger partial charge in [-0.2, -0.15) is 0 Å². The van der Waals surface area contributed by atoms with Gasteiger partial charge in [-0.15, -0.1) is 0 Å². The van der Waals surface area contributed by atoms with Gasteiger partial charge in [0.1, 0.15) is 12.1 Å². The molecule has 0 aliphatic heterocycles. The Bertz CT molecular complexity index is 647. The van der Waals surface area contributed by atoms with Gasteiger partial charge in [-0.05, 0) is 24.6 Å². The second kappa shape index (κ2) is 6.02. The third-order valence-electron chi connectivity index (χ3n) is 3.55. The summed E-state index contributed by atoms with van der Waals surface area (Å²) >= 11 is 0. The largest absolute Gasteiger partial charge is 0.478 e. The normalized spacial score (nSPS) is 11.6. The summed E-state index contributed by atoms with van der Waals surface area (Å²) < 4.78 is 0. The molecule has 0 atom stereocenters. The number of aliphatic hydroxyl groups excluding tert-OH is 2. The van der Waals surface area contributed by atoms with Crippen LogP contribution in [0, 0.1) is 0 Å². The molecule has 21 heavy (non-hydrogen) atoms. The predicted octanol–water partition coefficient (Wildman–Crippen LogP) is 0.873. The van der Waals surface area contributed by atoms with Crippen molar-refractivity contribution in [2.45, 2.75) is 18.9 Å². The van der Waals surface area contributed by atoms with Crippen LogP contribution in [0.3, 0.4) is 0 Å². The van der Waals surface area contributed by atoms with Gasteiger partial charge in [0.15, 0.2) is 0 Å². The van der Waals surface area contributed by atoms with Crippen LogP contribution in [0.5, 0.6) is 0 Å². The van der Waals surface area contributed by atoms with Gasteiger partial charge in [0.25, 0.3) is 0 Å². The molecule has 2 aromatic rings. The summed E-state index contributed by atoms with van der Waals surface area (Å²) in [6.45, 7) is 1.34. The molecule has 1 heterocycles. The van der Waals surface area contributed by atoms with Crippen LogP contribution in [-0.2, 0) is 0 Å². The van der Waals surface area contributed by atoms with Crippen LogP contribution < -0.4 is 5.32 Å². The topological polar surface area (TPSA) is 116 Å². The van der Waals surface area contributed by atoms with E-state index in [9.17, 15) is 15.0 Å². The van der Waals surface area contributed by atoms with Crippen LogP contribution in [0.15, 0.2) is 24.5 Å². The molecule has 7 nitrogen and oxygen atoms in total. The van der Waals surface area contributed by atoms with Gasteiger partial charge in [0, 0.05) is 5.39 Å². The molecular weight excluding hydrogens is 274 g/mol. The molecule has 0 bridgehead atoms. The molecule has 0 unspecified atom stereocenters. The standard InChI is InChI=1S/C14H17N3O4/c1-2-14(6-18,7-19)17-12-10-4-3-9(13(20)21)5-11(10)15-8-16-12/h3-5,8,18-19H,2,6-7H2,1H3,(H,20,21)(H,15,16,17). The summed E-state index contributed by atoms with van der Waals surface area (Å²) in [5.74, 6) is -0.583. The minimum Gasteiger partial charge on any atom is -0.478 e. The maximum Gasteiger partial charge on any atom is 0.335 e. The number of carboxylic acids is 1. The third-order valence-corrected chi connectivity index (χ3v) is 3.55. The molecule has 0 aliphatic carbocycles. The van der Waals surface area contributed by atoms with Crippen molar-refractivity contribution in [2.75, 3.05) is 18.5 Å². The van der Waals surface area contributed by atoms with Crippen molar-refractivity contribution in [2.24, 2.45) is 0 Å². The smallest absolute Gasteiger partial charge is 0.335 e. The van der Waals surface area contributed by atoms with Crippen molar-refractivity contribution in [3.05, 3.63) is 30.1 Å². The van der Waals surface area contributed by atoms with Crippen molar-refractivity contribution in [1.82, 2.24) is 9.97 Å². The number of fused-ring (bicyclic) bond motifs is 1. The highest BCUT2D eigenvalue weighted by atomic mass is 16.4. The minimum atomic E-state index is -1.03. The number of rotatable bonds is 6. The minimum absolute atomic E-state index is 0.137. The van der Waals surface area contributed by atoms with E-state index in [0.717, 1.165) is 0 Å². The Morgan fingerprint density at radius 3 is 2.57 bits per heavy atom. The first kappa shape index (κ1) is 15.1. The summed E-state index contributed by atoms with van der Waals surface area (Å²) in [6, 6.07) is 4.52. The number of hydrogen-bond donors (Lipinski definition) is 4. The van der Waals surface area contributed by atoms with Gasteiger partial charge >= 0.3 is 5.97 Å². The lowest BCUT2D eigenvalue weighted by molar-refractivity contribution is 0.0697. The number of nitrogens with zero attached hydrogens (tertiary/aromatic N) is 2. The van der Waals surface area contributed by atoms with Gasteiger partial charge in [-0.25, -0.2) is 14.8 Å². The number of hydrogen-bond acceptors (Lipinski definition) is 6. The fourth-order valence-corrected chi connectivity index (χ4v) is 1.98.